The summed E-state index contributed by atoms with van der Waals surface area (Å²) in [5, 5.41) is 11.9. The lowest BCUT2D eigenvalue weighted by atomic mass is 10.0. The van der Waals surface area contributed by atoms with Gasteiger partial charge in [0.25, 0.3) is 5.91 Å². The Morgan fingerprint density at radius 3 is 2.83 bits per heavy atom. The number of methoxy groups -OCH3 is 1. The van der Waals surface area contributed by atoms with Crippen LogP contribution in [0.25, 0.3) is 0 Å². The van der Waals surface area contributed by atoms with E-state index in [1.807, 2.05) is 13.8 Å². The van der Waals surface area contributed by atoms with E-state index in [1.54, 1.807) is 12.3 Å². The molecule has 1 rings (SSSR count). The van der Waals surface area contributed by atoms with Crippen LogP contribution in [0.1, 0.15) is 30.6 Å². The highest BCUT2D eigenvalue weighted by atomic mass is 16.5. The van der Waals surface area contributed by atoms with Gasteiger partial charge in [0.05, 0.1) is 18.9 Å². The molecule has 18 heavy (non-hydrogen) atoms. The second kappa shape index (κ2) is 6.96. The number of rotatable bonds is 6. The van der Waals surface area contributed by atoms with Crippen LogP contribution in [0, 0.1) is 5.92 Å². The Morgan fingerprint density at radius 1 is 1.56 bits per heavy atom. The van der Waals surface area contributed by atoms with Gasteiger partial charge >= 0.3 is 0 Å². The lowest BCUT2D eigenvalue weighted by Gasteiger charge is -2.21. The zero-order valence-corrected chi connectivity index (χ0v) is 11.0. The summed E-state index contributed by atoms with van der Waals surface area (Å²) in [5.41, 5.74) is 0.455. The topological polar surface area (TPSA) is 71.5 Å². The van der Waals surface area contributed by atoms with Gasteiger partial charge in [0.2, 0.25) is 0 Å². The Kier molecular flexibility index (Phi) is 5.58. The second-order valence-electron chi connectivity index (χ2n) is 4.41. The van der Waals surface area contributed by atoms with E-state index >= 15 is 0 Å². The summed E-state index contributed by atoms with van der Waals surface area (Å²) in [7, 11) is 1.50. The first-order chi connectivity index (χ1) is 8.60. The lowest BCUT2D eigenvalue weighted by molar-refractivity contribution is 0.0913. The van der Waals surface area contributed by atoms with Gasteiger partial charge in [-0.2, -0.15) is 0 Å². The smallest absolute Gasteiger partial charge is 0.255 e. The fraction of sp³-hybridized carbons (Fsp3) is 0.538. The predicted octanol–water partition coefficient (Wildman–Crippen LogP) is 1.23. The molecule has 1 atom stereocenters. The van der Waals surface area contributed by atoms with Crippen molar-refractivity contribution in [3.8, 4) is 5.75 Å². The van der Waals surface area contributed by atoms with Crippen molar-refractivity contribution in [3.05, 3.63) is 24.0 Å². The van der Waals surface area contributed by atoms with Gasteiger partial charge < -0.3 is 15.2 Å². The van der Waals surface area contributed by atoms with Gasteiger partial charge in [0.15, 0.2) is 0 Å². The summed E-state index contributed by atoms with van der Waals surface area (Å²) in [6, 6.07) is 1.56. The van der Waals surface area contributed by atoms with E-state index in [4.69, 9.17) is 9.84 Å². The number of carbonyl (C=O) groups excluding carboxylic acids is 1. The van der Waals surface area contributed by atoms with Crippen LogP contribution >= 0.6 is 0 Å². The van der Waals surface area contributed by atoms with Crippen molar-refractivity contribution < 1.29 is 14.6 Å². The highest BCUT2D eigenvalue weighted by Crippen LogP contribution is 2.16. The van der Waals surface area contributed by atoms with E-state index in [1.165, 1.54) is 13.3 Å². The number of nitrogens with zero attached hydrogens (tertiary/aromatic N) is 1. The molecule has 0 aliphatic heterocycles. The van der Waals surface area contributed by atoms with Crippen LogP contribution in [0.4, 0.5) is 0 Å². The molecule has 1 unspecified atom stereocenters. The highest BCUT2D eigenvalue weighted by Gasteiger charge is 2.18. The molecule has 0 fully saturated rings. The summed E-state index contributed by atoms with van der Waals surface area (Å²) >= 11 is 0. The Morgan fingerprint density at radius 2 is 2.28 bits per heavy atom. The number of aliphatic hydroxyl groups excluding tert-OH is 1. The van der Waals surface area contributed by atoms with Crippen molar-refractivity contribution in [2.45, 2.75) is 26.3 Å². The lowest BCUT2D eigenvalue weighted by Crippen LogP contribution is -2.39. The molecule has 1 aromatic rings. The Labute approximate surface area is 107 Å². The highest BCUT2D eigenvalue weighted by molar-refractivity contribution is 5.96. The van der Waals surface area contributed by atoms with Crippen molar-refractivity contribution in [2.75, 3.05) is 13.7 Å². The Hall–Kier alpha value is -1.62. The van der Waals surface area contributed by atoms with E-state index in [0.717, 1.165) is 0 Å². The normalized spacial score (nSPS) is 12.3. The number of amides is 1. The number of pyridine rings is 1. The Bertz CT molecular complexity index is 394. The van der Waals surface area contributed by atoms with Gasteiger partial charge in [-0.3, -0.25) is 9.78 Å². The van der Waals surface area contributed by atoms with Crippen molar-refractivity contribution in [1.29, 1.82) is 0 Å². The van der Waals surface area contributed by atoms with E-state index in [-0.39, 0.29) is 24.5 Å². The van der Waals surface area contributed by atoms with Gasteiger partial charge in [0.1, 0.15) is 5.75 Å². The third-order valence-corrected chi connectivity index (χ3v) is 2.81. The first-order valence-electron chi connectivity index (χ1n) is 5.99. The predicted molar refractivity (Wildman–Crippen MR) is 68.6 cm³/mol. The average molecular weight is 252 g/mol. The number of ether oxygens (including phenoxy) is 1. The summed E-state index contributed by atoms with van der Waals surface area (Å²) in [4.78, 5) is 16.0. The number of hydrogen-bond donors (Lipinski definition) is 2. The third-order valence-electron chi connectivity index (χ3n) is 2.81. The number of carbonyl (C=O) groups is 1. The molecule has 0 saturated heterocycles. The van der Waals surface area contributed by atoms with E-state index in [0.29, 0.717) is 17.7 Å². The molecule has 0 saturated carbocycles. The maximum absolute atomic E-state index is 12.1. The molecule has 0 aliphatic rings. The van der Waals surface area contributed by atoms with Crippen LogP contribution in [0.5, 0.6) is 5.75 Å². The quantitative estimate of drug-likeness (QED) is 0.798. The molecule has 0 aliphatic carbocycles. The van der Waals surface area contributed by atoms with Crippen molar-refractivity contribution in [3.63, 3.8) is 0 Å². The Balaban J connectivity index is 2.80. The van der Waals surface area contributed by atoms with Gasteiger partial charge in [-0.15, -0.1) is 0 Å². The number of hydrogen-bond acceptors (Lipinski definition) is 4. The van der Waals surface area contributed by atoms with E-state index < -0.39 is 0 Å². The van der Waals surface area contributed by atoms with Crippen molar-refractivity contribution >= 4 is 5.91 Å². The zero-order chi connectivity index (χ0) is 13.5. The summed E-state index contributed by atoms with van der Waals surface area (Å²) < 4.78 is 5.10. The molecule has 0 aromatic carbocycles. The fourth-order valence-electron chi connectivity index (χ4n) is 1.69. The summed E-state index contributed by atoms with van der Waals surface area (Å²) in [6.07, 6.45) is 3.59. The minimum atomic E-state index is -0.207. The van der Waals surface area contributed by atoms with Crippen LogP contribution in [-0.4, -0.2) is 35.8 Å². The number of aliphatic hydroxyl groups is 1. The largest absolute Gasteiger partial charge is 0.494 e. The maximum Gasteiger partial charge on any atom is 0.255 e. The molecule has 1 aromatic heterocycles. The summed E-state index contributed by atoms with van der Waals surface area (Å²) in [5.74, 6) is 0.497. The molecule has 0 spiro atoms. The molecule has 5 heteroatoms. The van der Waals surface area contributed by atoms with Gasteiger partial charge in [0, 0.05) is 18.8 Å². The monoisotopic (exact) mass is 252 g/mol. The van der Waals surface area contributed by atoms with E-state index in [9.17, 15) is 4.79 Å². The van der Waals surface area contributed by atoms with Gasteiger partial charge in [-0.25, -0.2) is 0 Å². The number of nitrogens with one attached hydrogen (secondary N) is 1. The van der Waals surface area contributed by atoms with Crippen molar-refractivity contribution in [1.82, 2.24) is 10.3 Å². The molecule has 1 amide bonds. The molecule has 1 heterocycles. The molecular formula is C13H20N2O3. The molecule has 0 radical (unpaired) electrons. The van der Waals surface area contributed by atoms with Crippen LogP contribution < -0.4 is 10.1 Å². The summed E-state index contributed by atoms with van der Waals surface area (Å²) in [6.45, 7) is 4.06. The number of aromatic nitrogens is 1. The fourth-order valence-corrected chi connectivity index (χ4v) is 1.69. The molecule has 5 nitrogen and oxygen atoms in total. The zero-order valence-electron chi connectivity index (χ0n) is 11.0. The molecule has 2 N–H and O–H groups in total. The minimum Gasteiger partial charge on any atom is -0.494 e. The van der Waals surface area contributed by atoms with Gasteiger partial charge in [-0.05, 0) is 18.4 Å². The van der Waals surface area contributed by atoms with Crippen LogP contribution in [-0.2, 0) is 0 Å². The van der Waals surface area contributed by atoms with Crippen molar-refractivity contribution in [2.24, 2.45) is 5.92 Å². The second-order valence-corrected chi connectivity index (χ2v) is 4.41. The maximum atomic E-state index is 12.1. The molecule has 100 valence electrons. The molecule has 0 bridgehead atoms. The van der Waals surface area contributed by atoms with Gasteiger partial charge in [-0.1, -0.05) is 13.8 Å². The average Bonchev–Trinajstić information content (AvgIpc) is 2.37. The SMILES string of the molecule is COc1cnccc1C(=O)NC(CCO)C(C)C. The molecular weight excluding hydrogens is 232 g/mol. The van der Waals surface area contributed by atoms with Crippen LogP contribution in [0.3, 0.4) is 0 Å². The third kappa shape index (κ3) is 3.70. The standard InChI is InChI=1S/C13H20N2O3/c1-9(2)11(5-7-16)15-13(17)10-4-6-14-8-12(10)18-3/h4,6,8-9,11,16H,5,7H2,1-3H3,(H,15,17). The van der Waals surface area contributed by atoms with E-state index in [2.05, 4.69) is 10.3 Å². The first kappa shape index (κ1) is 14.4. The first-order valence-corrected chi connectivity index (χ1v) is 5.99. The van der Waals surface area contributed by atoms with Crippen LogP contribution in [0.15, 0.2) is 18.5 Å². The minimum absolute atomic E-state index is 0.0522. The van der Waals surface area contributed by atoms with Crippen LogP contribution in [0.2, 0.25) is 0 Å².